The highest BCUT2D eigenvalue weighted by atomic mass is 32.2. The molecule has 0 saturated carbocycles. The van der Waals surface area contributed by atoms with Gasteiger partial charge in [0, 0.05) is 20.6 Å². The number of sulfonamides is 1. The van der Waals surface area contributed by atoms with Crippen LogP contribution >= 0.6 is 0 Å². The van der Waals surface area contributed by atoms with Gasteiger partial charge in [0.2, 0.25) is 10.0 Å². The number of aromatic nitrogens is 2. The van der Waals surface area contributed by atoms with E-state index in [0.717, 1.165) is 0 Å². The normalized spacial score (nSPS) is 11.9. The molecule has 23 heavy (non-hydrogen) atoms. The zero-order valence-corrected chi connectivity index (χ0v) is 14.3. The number of carboxylic acids is 1. The monoisotopic (exact) mass is 337 g/mol. The Morgan fingerprint density at radius 2 is 1.83 bits per heavy atom. The second-order valence-corrected chi connectivity index (χ2v) is 7.37. The van der Waals surface area contributed by atoms with Crippen LogP contribution in [0.5, 0.6) is 0 Å². The lowest BCUT2D eigenvalue weighted by Gasteiger charge is -2.17. The lowest BCUT2D eigenvalue weighted by atomic mass is 10.1. The molecule has 0 bridgehead atoms. The molecule has 2 rings (SSSR count). The van der Waals surface area contributed by atoms with Crippen molar-refractivity contribution in [3.8, 4) is 0 Å². The molecule has 0 aliphatic carbocycles. The van der Waals surface area contributed by atoms with Gasteiger partial charge in [-0.3, -0.25) is 4.68 Å². The molecule has 0 atom stereocenters. The summed E-state index contributed by atoms with van der Waals surface area (Å²) in [7, 11) is -0.478. The summed E-state index contributed by atoms with van der Waals surface area (Å²) in [5.74, 6) is -1.01. The third-order valence-corrected chi connectivity index (χ3v) is 5.77. The quantitative estimate of drug-likeness (QED) is 0.894. The van der Waals surface area contributed by atoms with Crippen molar-refractivity contribution in [1.82, 2.24) is 14.1 Å². The SMILES string of the molecule is Cc1nn(C)c(C)c1S(=O)(=O)N(C)Cc1ccc(C(=O)O)cc1. The maximum absolute atomic E-state index is 12.7. The van der Waals surface area contributed by atoms with Gasteiger partial charge in [-0.2, -0.15) is 9.40 Å². The summed E-state index contributed by atoms with van der Waals surface area (Å²) in [5.41, 5.74) is 1.91. The van der Waals surface area contributed by atoms with E-state index in [4.69, 9.17) is 5.11 Å². The molecule has 0 aliphatic rings. The molecule has 0 radical (unpaired) electrons. The maximum atomic E-state index is 12.7. The van der Waals surface area contributed by atoms with Crippen LogP contribution in [0.1, 0.15) is 27.3 Å². The van der Waals surface area contributed by atoms with Crippen LogP contribution in [-0.2, 0) is 23.6 Å². The first-order valence-corrected chi connectivity index (χ1v) is 8.37. The van der Waals surface area contributed by atoms with Gasteiger partial charge >= 0.3 is 5.97 Å². The van der Waals surface area contributed by atoms with Crippen molar-refractivity contribution >= 4 is 16.0 Å². The average Bonchev–Trinajstić information content (AvgIpc) is 2.72. The summed E-state index contributed by atoms with van der Waals surface area (Å²) in [6.45, 7) is 3.52. The van der Waals surface area contributed by atoms with Crippen molar-refractivity contribution in [2.24, 2.45) is 7.05 Å². The molecule has 0 spiro atoms. The Hall–Kier alpha value is -2.19. The lowest BCUT2D eigenvalue weighted by molar-refractivity contribution is 0.0697. The first kappa shape index (κ1) is 17.2. The Kier molecular flexibility index (Phi) is 4.58. The Balaban J connectivity index is 2.28. The van der Waals surface area contributed by atoms with Crippen molar-refractivity contribution in [2.75, 3.05) is 7.05 Å². The molecule has 0 unspecified atom stereocenters. The molecule has 0 fully saturated rings. The van der Waals surface area contributed by atoms with Gasteiger partial charge in [-0.1, -0.05) is 12.1 Å². The lowest BCUT2D eigenvalue weighted by Crippen LogP contribution is -2.27. The Morgan fingerprint density at radius 3 is 2.26 bits per heavy atom. The third kappa shape index (κ3) is 3.27. The van der Waals surface area contributed by atoms with Crippen LogP contribution in [0, 0.1) is 13.8 Å². The van der Waals surface area contributed by atoms with E-state index in [9.17, 15) is 13.2 Å². The minimum absolute atomic E-state index is 0.149. The van der Waals surface area contributed by atoms with E-state index in [2.05, 4.69) is 5.10 Å². The third-order valence-electron chi connectivity index (χ3n) is 3.72. The smallest absolute Gasteiger partial charge is 0.335 e. The van der Waals surface area contributed by atoms with Gasteiger partial charge in [-0.15, -0.1) is 0 Å². The highest BCUT2D eigenvalue weighted by molar-refractivity contribution is 7.89. The molecule has 1 N–H and O–H groups in total. The summed E-state index contributed by atoms with van der Waals surface area (Å²) < 4.78 is 28.3. The number of aryl methyl sites for hydroxylation is 2. The van der Waals surface area contributed by atoms with E-state index in [1.165, 1.54) is 28.2 Å². The summed E-state index contributed by atoms with van der Waals surface area (Å²) in [4.78, 5) is 11.1. The number of carboxylic acid groups (broad SMARTS) is 1. The minimum atomic E-state index is -3.67. The van der Waals surface area contributed by atoms with Gasteiger partial charge in [0.1, 0.15) is 4.90 Å². The maximum Gasteiger partial charge on any atom is 0.335 e. The first-order chi connectivity index (χ1) is 10.6. The fraction of sp³-hybridized carbons (Fsp3) is 0.333. The average molecular weight is 337 g/mol. The van der Waals surface area contributed by atoms with E-state index in [1.54, 1.807) is 33.0 Å². The van der Waals surface area contributed by atoms with E-state index < -0.39 is 16.0 Å². The molecule has 2 aromatic rings. The van der Waals surface area contributed by atoms with Crippen LogP contribution < -0.4 is 0 Å². The van der Waals surface area contributed by atoms with Crippen LogP contribution in [0.15, 0.2) is 29.2 Å². The molecule has 0 saturated heterocycles. The molecule has 0 amide bonds. The van der Waals surface area contributed by atoms with E-state index >= 15 is 0 Å². The van der Waals surface area contributed by atoms with Crippen LogP contribution in [0.25, 0.3) is 0 Å². The summed E-state index contributed by atoms with van der Waals surface area (Å²) >= 11 is 0. The molecule has 7 nitrogen and oxygen atoms in total. The predicted molar refractivity (Wildman–Crippen MR) is 84.7 cm³/mol. The number of nitrogens with zero attached hydrogens (tertiary/aromatic N) is 3. The molecule has 0 aliphatic heterocycles. The summed E-state index contributed by atoms with van der Waals surface area (Å²) in [6.07, 6.45) is 0. The molecule has 1 heterocycles. The number of aromatic carboxylic acids is 1. The molecule has 1 aromatic heterocycles. The highest BCUT2D eigenvalue weighted by Gasteiger charge is 2.28. The molecule has 8 heteroatoms. The van der Waals surface area contributed by atoms with Gasteiger partial charge in [-0.05, 0) is 31.5 Å². The van der Waals surface area contributed by atoms with Crippen LogP contribution in [-0.4, -0.2) is 40.6 Å². The fourth-order valence-corrected chi connectivity index (χ4v) is 3.93. The number of rotatable bonds is 5. The summed E-state index contributed by atoms with van der Waals surface area (Å²) in [5, 5.41) is 13.0. The Labute approximate surface area is 135 Å². The van der Waals surface area contributed by atoms with Gasteiger partial charge in [-0.25, -0.2) is 13.2 Å². The number of benzene rings is 1. The number of hydrogen-bond donors (Lipinski definition) is 1. The van der Waals surface area contributed by atoms with Gasteiger partial charge in [0.25, 0.3) is 0 Å². The minimum Gasteiger partial charge on any atom is -0.478 e. The zero-order chi connectivity index (χ0) is 17.4. The highest BCUT2D eigenvalue weighted by Crippen LogP contribution is 2.23. The van der Waals surface area contributed by atoms with Crippen molar-refractivity contribution in [2.45, 2.75) is 25.3 Å². The van der Waals surface area contributed by atoms with Gasteiger partial charge in [0.15, 0.2) is 0 Å². The predicted octanol–water partition coefficient (Wildman–Crippen LogP) is 1.56. The molecule has 124 valence electrons. The van der Waals surface area contributed by atoms with Crippen LogP contribution in [0.3, 0.4) is 0 Å². The molecular weight excluding hydrogens is 318 g/mol. The Bertz CT molecular complexity index is 838. The number of hydrogen-bond acceptors (Lipinski definition) is 4. The van der Waals surface area contributed by atoms with Crippen molar-refractivity contribution in [1.29, 1.82) is 0 Å². The number of carbonyl (C=O) groups is 1. The second-order valence-electron chi connectivity index (χ2n) is 5.39. The second kappa shape index (κ2) is 6.13. The zero-order valence-electron chi connectivity index (χ0n) is 13.4. The van der Waals surface area contributed by atoms with Gasteiger partial charge < -0.3 is 5.11 Å². The van der Waals surface area contributed by atoms with Crippen molar-refractivity contribution < 1.29 is 18.3 Å². The standard InChI is InChI=1S/C15H19N3O4S/c1-10-14(11(2)18(4)16-10)23(21,22)17(3)9-12-5-7-13(8-6-12)15(19)20/h5-8H,9H2,1-4H3,(H,19,20). The summed E-state index contributed by atoms with van der Waals surface area (Å²) in [6, 6.07) is 6.13. The Morgan fingerprint density at radius 1 is 1.26 bits per heavy atom. The first-order valence-electron chi connectivity index (χ1n) is 6.93. The molecular formula is C15H19N3O4S. The van der Waals surface area contributed by atoms with Crippen LogP contribution in [0.4, 0.5) is 0 Å². The van der Waals surface area contributed by atoms with E-state index in [-0.39, 0.29) is 17.0 Å². The largest absolute Gasteiger partial charge is 0.478 e. The molecule has 1 aromatic carbocycles. The topological polar surface area (TPSA) is 92.5 Å². The van der Waals surface area contributed by atoms with Crippen molar-refractivity contribution in [3.63, 3.8) is 0 Å². The van der Waals surface area contributed by atoms with Crippen LogP contribution in [0.2, 0.25) is 0 Å². The van der Waals surface area contributed by atoms with E-state index in [1.807, 2.05) is 0 Å². The fourth-order valence-electron chi connectivity index (χ4n) is 2.38. The van der Waals surface area contributed by atoms with E-state index in [0.29, 0.717) is 17.0 Å². The van der Waals surface area contributed by atoms with Gasteiger partial charge in [0.05, 0.1) is 17.0 Å². The van der Waals surface area contributed by atoms with Crippen molar-refractivity contribution in [3.05, 3.63) is 46.8 Å².